The zero-order valence-electron chi connectivity index (χ0n) is 7.60. The Bertz CT molecular complexity index is 123. The Morgan fingerprint density at radius 2 is 2.18 bits per heavy atom. The Hall–Kier alpha value is -0.0800. The van der Waals surface area contributed by atoms with Crippen molar-refractivity contribution < 1.29 is 4.74 Å². The summed E-state index contributed by atoms with van der Waals surface area (Å²) in [5.41, 5.74) is 5.60. The molecule has 0 aromatic heterocycles. The Morgan fingerprint density at radius 3 is 2.55 bits per heavy atom. The van der Waals surface area contributed by atoms with Crippen molar-refractivity contribution in [2.24, 2.45) is 11.7 Å². The van der Waals surface area contributed by atoms with Crippen LogP contribution in [-0.4, -0.2) is 18.8 Å². The molecule has 2 N–H and O–H groups in total. The van der Waals surface area contributed by atoms with Gasteiger partial charge in [-0.1, -0.05) is 12.8 Å². The number of rotatable bonds is 5. The summed E-state index contributed by atoms with van der Waals surface area (Å²) in [6.07, 6.45) is 3.91. The van der Waals surface area contributed by atoms with E-state index in [1.165, 1.54) is 12.8 Å². The third-order valence-corrected chi connectivity index (χ3v) is 2.34. The molecule has 0 aromatic carbocycles. The van der Waals surface area contributed by atoms with Gasteiger partial charge in [-0.3, -0.25) is 0 Å². The minimum atomic E-state index is -0.0457. The lowest BCUT2D eigenvalue weighted by molar-refractivity contribution is -0.0275. The topological polar surface area (TPSA) is 35.2 Å². The van der Waals surface area contributed by atoms with Crippen LogP contribution < -0.4 is 5.73 Å². The molecule has 1 saturated carbocycles. The number of nitrogens with two attached hydrogens (primary N) is 1. The van der Waals surface area contributed by atoms with Gasteiger partial charge in [0.1, 0.15) is 0 Å². The van der Waals surface area contributed by atoms with E-state index in [9.17, 15) is 0 Å². The van der Waals surface area contributed by atoms with E-state index >= 15 is 0 Å². The Morgan fingerprint density at radius 1 is 1.55 bits per heavy atom. The molecule has 1 aliphatic carbocycles. The van der Waals surface area contributed by atoms with Crippen molar-refractivity contribution >= 4 is 0 Å². The third-order valence-electron chi connectivity index (χ3n) is 2.34. The average Bonchev–Trinajstić information content (AvgIpc) is 2.73. The number of ether oxygens (including phenoxy) is 1. The lowest BCUT2D eigenvalue weighted by Crippen LogP contribution is -2.38. The molecule has 0 saturated heterocycles. The van der Waals surface area contributed by atoms with Gasteiger partial charge in [0.05, 0.1) is 5.60 Å². The summed E-state index contributed by atoms with van der Waals surface area (Å²) in [4.78, 5) is 0. The highest BCUT2D eigenvalue weighted by Crippen LogP contribution is 2.37. The van der Waals surface area contributed by atoms with E-state index in [2.05, 4.69) is 6.92 Å². The molecule has 11 heavy (non-hydrogen) atoms. The second-order valence-electron chi connectivity index (χ2n) is 3.73. The van der Waals surface area contributed by atoms with Gasteiger partial charge in [0.15, 0.2) is 0 Å². The van der Waals surface area contributed by atoms with Crippen LogP contribution in [0.15, 0.2) is 0 Å². The van der Waals surface area contributed by atoms with Crippen molar-refractivity contribution in [3.63, 3.8) is 0 Å². The van der Waals surface area contributed by atoms with Crippen molar-refractivity contribution in [1.29, 1.82) is 0 Å². The highest BCUT2D eigenvalue weighted by molar-refractivity contribution is 4.85. The van der Waals surface area contributed by atoms with E-state index in [-0.39, 0.29) is 5.60 Å². The maximum Gasteiger partial charge on any atom is 0.0778 e. The van der Waals surface area contributed by atoms with E-state index in [0.717, 1.165) is 18.9 Å². The number of hydrogen-bond acceptors (Lipinski definition) is 2. The SMILES string of the molecule is CCOC(C)(CN)CC1CC1. The molecule has 0 amide bonds. The average molecular weight is 157 g/mol. The van der Waals surface area contributed by atoms with Crippen LogP contribution in [0.4, 0.5) is 0 Å². The first-order valence-corrected chi connectivity index (χ1v) is 4.54. The standard InChI is InChI=1S/C9H19NO/c1-3-11-9(2,7-10)6-8-4-5-8/h8H,3-7,10H2,1-2H3. The molecule has 1 atom stereocenters. The van der Waals surface area contributed by atoms with E-state index in [0.29, 0.717) is 6.54 Å². The van der Waals surface area contributed by atoms with E-state index in [1.807, 2.05) is 6.92 Å². The highest BCUT2D eigenvalue weighted by atomic mass is 16.5. The van der Waals surface area contributed by atoms with Crippen LogP contribution in [0.5, 0.6) is 0 Å². The van der Waals surface area contributed by atoms with Crippen LogP contribution in [0.2, 0.25) is 0 Å². The quantitative estimate of drug-likeness (QED) is 0.657. The normalized spacial score (nSPS) is 23.2. The molecule has 0 aliphatic heterocycles. The number of hydrogen-bond donors (Lipinski definition) is 1. The van der Waals surface area contributed by atoms with Crippen LogP contribution in [0.25, 0.3) is 0 Å². The van der Waals surface area contributed by atoms with Crippen molar-refractivity contribution in [3.05, 3.63) is 0 Å². The van der Waals surface area contributed by atoms with Crippen LogP contribution >= 0.6 is 0 Å². The summed E-state index contributed by atoms with van der Waals surface area (Å²) in [6.45, 7) is 5.58. The van der Waals surface area contributed by atoms with Gasteiger partial charge in [-0.2, -0.15) is 0 Å². The Balaban J connectivity index is 2.29. The van der Waals surface area contributed by atoms with E-state index < -0.39 is 0 Å². The molecule has 0 spiro atoms. The second kappa shape index (κ2) is 3.55. The van der Waals surface area contributed by atoms with Crippen molar-refractivity contribution in [2.45, 2.75) is 38.7 Å². The van der Waals surface area contributed by atoms with E-state index in [1.54, 1.807) is 0 Å². The summed E-state index contributed by atoms with van der Waals surface area (Å²) in [5, 5.41) is 0. The molecule has 66 valence electrons. The van der Waals surface area contributed by atoms with E-state index in [4.69, 9.17) is 10.5 Å². The van der Waals surface area contributed by atoms with Crippen LogP contribution in [0, 0.1) is 5.92 Å². The summed E-state index contributed by atoms with van der Waals surface area (Å²) in [6, 6.07) is 0. The molecule has 0 radical (unpaired) electrons. The van der Waals surface area contributed by atoms with Gasteiger partial charge in [0.25, 0.3) is 0 Å². The molecule has 2 heteroatoms. The lowest BCUT2D eigenvalue weighted by atomic mass is 9.99. The van der Waals surface area contributed by atoms with Crippen LogP contribution in [0.1, 0.15) is 33.1 Å². The maximum atomic E-state index is 5.64. The fourth-order valence-electron chi connectivity index (χ4n) is 1.48. The second-order valence-corrected chi connectivity index (χ2v) is 3.73. The fraction of sp³-hybridized carbons (Fsp3) is 1.00. The van der Waals surface area contributed by atoms with Gasteiger partial charge >= 0.3 is 0 Å². The largest absolute Gasteiger partial charge is 0.374 e. The first-order chi connectivity index (χ1) is 5.20. The molecular weight excluding hydrogens is 138 g/mol. The molecule has 1 fully saturated rings. The Labute approximate surface area is 69.1 Å². The third kappa shape index (κ3) is 2.80. The molecule has 0 heterocycles. The van der Waals surface area contributed by atoms with Gasteiger partial charge in [-0.05, 0) is 26.2 Å². The predicted molar refractivity (Wildman–Crippen MR) is 46.4 cm³/mol. The first kappa shape index (κ1) is 9.01. The summed E-state index contributed by atoms with van der Waals surface area (Å²) in [7, 11) is 0. The van der Waals surface area contributed by atoms with Crippen molar-refractivity contribution in [1.82, 2.24) is 0 Å². The molecule has 1 unspecified atom stereocenters. The monoisotopic (exact) mass is 157 g/mol. The van der Waals surface area contributed by atoms with Crippen molar-refractivity contribution in [3.8, 4) is 0 Å². The summed E-state index contributed by atoms with van der Waals surface area (Å²) >= 11 is 0. The van der Waals surface area contributed by atoms with Gasteiger partial charge in [-0.15, -0.1) is 0 Å². The Kier molecular flexibility index (Phi) is 2.90. The maximum absolute atomic E-state index is 5.64. The lowest BCUT2D eigenvalue weighted by Gasteiger charge is -2.27. The molecule has 1 rings (SSSR count). The molecule has 2 nitrogen and oxygen atoms in total. The van der Waals surface area contributed by atoms with Crippen LogP contribution in [-0.2, 0) is 4.74 Å². The smallest absolute Gasteiger partial charge is 0.0778 e. The van der Waals surface area contributed by atoms with Gasteiger partial charge < -0.3 is 10.5 Å². The minimum Gasteiger partial charge on any atom is -0.374 e. The fourth-order valence-corrected chi connectivity index (χ4v) is 1.48. The zero-order valence-corrected chi connectivity index (χ0v) is 7.60. The molecule has 0 aromatic rings. The van der Waals surface area contributed by atoms with Gasteiger partial charge in [0.2, 0.25) is 0 Å². The molecule has 0 bridgehead atoms. The molecular formula is C9H19NO. The van der Waals surface area contributed by atoms with Gasteiger partial charge in [0, 0.05) is 13.2 Å². The van der Waals surface area contributed by atoms with Gasteiger partial charge in [-0.25, -0.2) is 0 Å². The molecule has 1 aliphatic rings. The summed E-state index contributed by atoms with van der Waals surface area (Å²) < 4.78 is 5.60. The van der Waals surface area contributed by atoms with Crippen LogP contribution in [0.3, 0.4) is 0 Å². The first-order valence-electron chi connectivity index (χ1n) is 4.54. The summed E-state index contributed by atoms with van der Waals surface area (Å²) in [5.74, 6) is 0.898. The van der Waals surface area contributed by atoms with Crippen molar-refractivity contribution in [2.75, 3.05) is 13.2 Å². The zero-order chi connectivity index (χ0) is 8.32. The predicted octanol–water partition coefficient (Wildman–Crippen LogP) is 1.54. The minimum absolute atomic E-state index is 0.0457. The highest BCUT2D eigenvalue weighted by Gasteiger charge is 2.32.